The van der Waals surface area contributed by atoms with Crippen LogP contribution in [-0.2, 0) is 6.42 Å². The average molecular weight is 308 g/mol. The van der Waals surface area contributed by atoms with Crippen molar-refractivity contribution in [1.82, 2.24) is 9.97 Å². The lowest BCUT2D eigenvalue weighted by atomic mass is 9.90. The molecule has 0 bridgehead atoms. The molecule has 1 aliphatic heterocycles. The highest BCUT2D eigenvalue weighted by Gasteiger charge is 2.20. The van der Waals surface area contributed by atoms with Gasteiger partial charge < -0.3 is 9.64 Å². The summed E-state index contributed by atoms with van der Waals surface area (Å²) in [6.45, 7) is 1.98. The van der Waals surface area contributed by atoms with Gasteiger partial charge in [0, 0.05) is 13.1 Å². The molecule has 0 unspecified atom stereocenters. The third-order valence-corrected chi connectivity index (χ3v) is 4.37. The molecular weight excluding hydrogens is 288 g/mol. The van der Waals surface area contributed by atoms with Crippen molar-refractivity contribution in [3.05, 3.63) is 47.9 Å². The zero-order chi connectivity index (χ0) is 16.1. The smallest absolute Gasteiger partial charge is 0.158 e. The summed E-state index contributed by atoms with van der Waals surface area (Å²) in [4.78, 5) is 10.7. The van der Waals surface area contributed by atoms with E-state index in [4.69, 9.17) is 10.00 Å². The number of hydrogen-bond acceptors (Lipinski definition) is 5. The number of hydrogen-bond donors (Lipinski definition) is 0. The molecular formula is C18H20N4O. The van der Waals surface area contributed by atoms with Crippen LogP contribution in [0.2, 0.25) is 0 Å². The Morgan fingerprint density at radius 2 is 1.91 bits per heavy atom. The van der Waals surface area contributed by atoms with Gasteiger partial charge >= 0.3 is 0 Å². The number of nitrogens with zero attached hydrogens (tertiary/aromatic N) is 4. The summed E-state index contributed by atoms with van der Waals surface area (Å²) in [6.07, 6.45) is 6.64. The van der Waals surface area contributed by atoms with E-state index in [0.717, 1.165) is 43.9 Å². The molecule has 1 aromatic heterocycles. The third kappa shape index (κ3) is 3.78. The van der Waals surface area contributed by atoms with Crippen LogP contribution in [-0.4, -0.2) is 30.2 Å². The Morgan fingerprint density at radius 3 is 2.48 bits per heavy atom. The normalized spacial score (nSPS) is 15.2. The molecule has 1 aliphatic rings. The molecule has 0 amide bonds. The Labute approximate surface area is 136 Å². The molecule has 1 fully saturated rings. The van der Waals surface area contributed by atoms with Gasteiger partial charge in [-0.05, 0) is 42.9 Å². The van der Waals surface area contributed by atoms with Gasteiger partial charge in [-0.1, -0.05) is 12.1 Å². The van der Waals surface area contributed by atoms with Crippen LogP contribution in [0.4, 0.5) is 5.82 Å². The van der Waals surface area contributed by atoms with Gasteiger partial charge in [0.15, 0.2) is 5.69 Å². The monoisotopic (exact) mass is 308 g/mol. The Balaban J connectivity index is 1.54. The quantitative estimate of drug-likeness (QED) is 0.869. The Hall–Kier alpha value is -2.61. The van der Waals surface area contributed by atoms with Crippen molar-refractivity contribution in [2.24, 2.45) is 5.92 Å². The van der Waals surface area contributed by atoms with Crippen LogP contribution in [0.1, 0.15) is 24.1 Å². The minimum Gasteiger partial charge on any atom is -0.497 e. The maximum Gasteiger partial charge on any atom is 0.158 e. The number of anilines is 1. The lowest BCUT2D eigenvalue weighted by Gasteiger charge is -2.32. The molecule has 2 aromatic rings. The molecule has 2 heterocycles. The fourth-order valence-electron chi connectivity index (χ4n) is 3.00. The highest BCUT2D eigenvalue weighted by Crippen LogP contribution is 2.25. The Bertz CT molecular complexity index is 668. The second-order valence-corrected chi connectivity index (χ2v) is 5.85. The van der Waals surface area contributed by atoms with Gasteiger partial charge in [0.05, 0.1) is 19.5 Å². The molecule has 5 heteroatoms. The van der Waals surface area contributed by atoms with Crippen molar-refractivity contribution < 1.29 is 4.74 Å². The van der Waals surface area contributed by atoms with Crippen molar-refractivity contribution >= 4 is 5.82 Å². The van der Waals surface area contributed by atoms with Crippen molar-refractivity contribution in [3.8, 4) is 11.8 Å². The summed E-state index contributed by atoms with van der Waals surface area (Å²) in [5.41, 5.74) is 1.73. The van der Waals surface area contributed by atoms with E-state index >= 15 is 0 Å². The van der Waals surface area contributed by atoms with Gasteiger partial charge in [-0.3, -0.25) is 0 Å². The molecule has 0 N–H and O–H groups in total. The number of nitriles is 1. The van der Waals surface area contributed by atoms with Gasteiger partial charge in [0.1, 0.15) is 17.6 Å². The first-order valence-electron chi connectivity index (χ1n) is 7.88. The van der Waals surface area contributed by atoms with Crippen molar-refractivity contribution in [2.75, 3.05) is 25.1 Å². The van der Waals surface area contributed by atoms with E-state index in [0.29, 0.717) is 11.6 Å². The number of rotatable bonds is 4. The first-order valence-corrected chi connectivity index (χ1v) is 7.88. The minimum atomic E-state index is 0.364. The summed E-state index contributed by atoms with van der Waals surface area (Å²) >= 11 is 0. The van der Waals surface area contributed by atoms with Crippen molar-refractivity contribution in [3.63, 3.8) is 0 Å². The van der Waals surface area contributed by atoms with E-state index < -0.39 is 0 Å². The Kier molecular flexibility index (Phi) is 4.72. The molecule has 1 aromatic carbocycles. The van der Waals surface area contributed by atoms with E-state index in [1.54, 1.807) is 19.5 Å². The van der Waals surface area contributed by atoms with Crippen LogP contribution < -0.4 is 9.64 Å². The van der Waals surface area contributed by atoms with Crippen molar-refractivity contribution in [1.29, 1.82) is 5.26 Å². The number of ether oxygens (including phenoxy) is 1. The number of piperidine rings is 1. The fraction of sp³-hybridized carbons (Fsp3) is 0.389. The summed E-state index contributed by atoms with van der Waals surface area (Å²) in [7, 11) is 1.69. The molecule has 0 spiro atoms. The zero-order valence-electron chi connectivity index (χ0n) is 13.3. The molecule has 0 radical (unpaired) electrons. The molecule has 0 saturated carbocycles. The second kappa shape index (κ2) is 7.10. The second-order valence-electron chi connectivity index (χ2n) is 5.85. The molecule has 1 saturated heterocycles. The number of methoxy groups -OCH3 is 1. The predicted molar refractivity (Wildman–Crippen MR) is 88.4 cm³/mol. The molecule has 0 atom stereocenters. The molecule has 5 nitrogen and oxygen atoms in total. The first-order chi connectivity index (χ1) is 11.3. The summed E-state index contributed by atoms with van der Waals surface area (Å²) in [5.74, 6) is 2.47. The van der Waals surface area contributed by atoms with Crippen LogP contribution in [0.5, 0.6) is 5.75 Å². The van der Waals surface area contributed by atoms with E-state index in [-0.39, 0.29) is 0 Å². The standard InChI is InChI=1S/C18H20N4O/c1-23-17-4-2-14(3-5-17)10-15-6-8-22(9-7-15)18-13-20-16(11-19)12-21-18/h2-5,12-13,15H,6-10H2,1H3. The lowest BCUT2D eigenvalue weighted by molar-refractivity contribution is 0.400. The number of aromatic nitrogens is 2. The van der Waals surface area contributed by atoms with Gasteiger partial charge in [0.2, 0.25) is 0 Å². The van der Waals surface area contributed by atoms with Crippen LogP contribution in [0.15, 0.2) is 36.7 Å². The van der Waals surface area contributed by atoms with Gasteiger partial charge in [0.25, 0.3) is 0 Å². The summed E-state index contributed by atoms with van der Waals surface area (Å²) in [6, 6.07) is 10.3. The molecule has 23 heavy (non-hydrogen) atoms. The van der Waals surface area contributed by atoms with E-state index in [1.165, 1.54) is 5.56 Å². The van der Waals surface area contributed by atoms with E-state index in [1.807, 2.05) is 18.2 Å². The van der Waals surface area contributed by atoms with Gasteiger partial charge in [-0.15, -0.1) is 0 Å². The van der Waals surface area contributed by atoms with Gasteiger partial charge in [-0.25, -0.2) is 9.97 Å². The third-order valence-electron chi connectivity index (χ3n) is 4.37. The van der Waals surface area contributed by atoms with Crippen LogP contribution in [0, 0.1) is 17.2 Å². The number of benzene rings is 1. The first kappa shape index (κ1) is 15.3. The molecule has 118 valence electrons. The Morgan fingerprint density at radius 1 is 1.17 bits per heavy atom. The van der Waals surface area contributed by atoms with E-state index in [2.05, 4.69) is 27.0 Å². The van der Waals surface area contributed by atoms with Gasteiger partial charge in [-0.2, -0.15) is 5.26 Å². The highest BCUT2D eigenvalue weighted by molar-refractivity contribution is 5.37. The SMILES string of the molecule is COc1ccc(CC2CCN(c3cnc(C#N)cn3)CC2)cc1. The average Bonchev–Trinajstić information content (AvgIpc) is 2.63. The maximum absolute atomic E-state index is 8.77. The van der Waals surface area contributed by atoms with E-state index in [9.17, 15) is 0 Å². The largest absolute Gasteiger partial charge is 0.497 e. The zero-order valence-corrected chi connectivity index (χ0v) is 13.3. The van der Waals surface area contributed by atoms with Crippen LogP contribution >= 0.6 is 0 Å². The molecule has 0 aliphatic carbocycles. The fourth-order valence-corrected chi connectivity index (χ4v) is 3.00. The molecule has 3 rings (SSSR count). The lowest BCUT2D eigenvalue weighted by Crippen LogP contribution is -2.34. The van der Waals surface area contributed by atoms with Crippen LogP contribution in [0.3, 0.4) is 0 Å². The topological polar surface area (TPSA) is 62.0 Å². The summed E-state index contributed by atoms with van der Waals surface area (Å²) < 4.78 is 5.20. The minimum absolute atomic E-state index is 0.364. The van der Waals surface area contributed by atoms with Crippen LogP contribution in [0.25, 0.3) is 0 Å². The maximum atomic E-state index is 8.77. The summed E-state index contributed by atoms with van der Waals surface area (Å²) in [5, 5.41) is 8.77. The van der Waals surface area contributed by atoms with Crippen molar-refractivity contribution in [2.45, 2.75) is 19.3 Å². The highest BCUT2D eigenvalue weighted by atomic mass is 16.5. The predicted octanol–water partition coefficient (Wildman–Crippen LogP) is 2.82.